The topological polar surface area (TPSA) is 69.6 Å². The van der Waals surface area contributed by atoms with E-state index in [9.17, 15) is 14.7 Å². The predicted octanol–water partition coefficient (Wildman–Crippen LogP) is 2.32. The number of carbonyl (C=O) groups excluding carboxylic acids is 1. The molecule has 5 heteroatoms. The number of urea groups is 1. The molecule has 110 valence electrons. The van der Waals surface area contributed by atoms with Crippen LogP contribution in [0.3, 0.4) is 0 Å². The van der Waals surface area contributed by atoms with E-state index in [-0.39, 0.29) is 17.5 Å². The van der Waals surface area contributed by atoms with E-state index in [0.29, 0.717) is 13.0 Å². The van der Waals surface area contributed by atoms with Crippen molar-refractivity contribution in [1.29, 1.82) is 0 Å². The maximum Gasteiger partial charge on any atom is 0.317 e. The van der Waals surface area contributed by atoms with Gasteiger partial charge in [0.25, 0.3) is 0 Å². The molecule has 0 aliphatic heterocycles. The molecule has 19 heavy (non-hydrogen) atoms. The summed E-state index contributed by atoms with van der Waals surface area (Å²) in [6, 6.07) is -0.464. The van der Waals surface area contributed by atoms with Crippen LogP contribution in [0.15, 0.2) is 0 Å². The van der Waals surface area contributed by atoms with Crippen molar-refractivity contribution >= 4 is 12.0 Å². The summed E-state index contributed by atoms with van der Waals surface area (Å²) in [7, 11) is 1.74. The van der Waals surface area contributed by atoms with Gasteiger partial charge in [-0.25, -0.2) is 4.79 Å². The summed E-state index contributed by atoms with van der Waals surface area (Å²) in [5.41, 5.74) is -0.809. The number of amides is 2. The highest BCUT2D eigenvalue weighted by atomic mass is 16.4. The Morgan fingerprint density at radius 3 is 2.47 bits per heavy atom. The molecule has 0 radical (unpaired) electrons. The van der Waals surface area contributed by atoms with Crippen LogP contribution in [0.1, 0.15) is 47.0 Å². The molecule has 1 aliphatic rings. The first-order valence-corrected chi connectivity index (χ1v) is 6.81. The van der Waals surface area contributed by atoms with Crippen molar-refractivity contribution < 1.29 is 14.7 Å². The maximum absolute atomic E-state index is 12.1. The highest BCUT2D eigenvalue weighted by molar-refractivity contribution is 5.79. The minimum absolute atomic E-state index is 0.0257. The monoisotopic (exact) mass is 270 g/mol. The maximum atomic E-state index is 12.1. The summed E-state index contributed by atoms with van der Waals surface area (Å²) in [5, 5.41) is 12.2. The molecule has 1 aliphatic carbocycles. The highest BCUT2D eigenvalue weighted by Crippen LogP contribution is 2.38. The first kappa shape index (κ1) is 15.8. The zero-order valence-electron chi connectivity index (χ0n) is 12.6. The Morgan fingerprint density at radius 1 is 1.42 bits per heavy atom. The molecule has 0 aromatic carbocycles. The van der Waals surface area contributed by atoms with Crippen molar-refractivity contribution in [2.75, 3.05) is 13.6 Å². The molecule has 1 rings (SSSR count). The molecule has 0 aromatic heterocycles. The van der Waals surface area contributed by atoms with E-state index >= 15 is 0 Å². The van der Waals surface area contributed by atoms with Gasteiger partial charge in [-0.3, -0.25) is 4.79 Å². The molecular weight excluding hydrogens is 244 g/mol. The normalized spacial score (nSPS) is 27.1. The van der Waals surface area contributed by atoms with Gasteiger partial charge in [0.05, 0.1) is 5.41 Å². The van der Waals surface area contributed by atoms with Gasteiger partial charge in [0.2, 0.25) is 0 Å². The van der Waals surface area contributed by atoms with Gasteiger partial charge in [-0.2, -0.15) is 0 Å². The smallest absolute Gasteiger partial charge is 0.317 e. The fraction of sp³-hybridized carbons (Fsp3) is 0.857. The van der Waals surface area contributed by atoms with Gasteiger partial charge in [-0.1, -0.05) is 27.2 Å². The Hall–Kier alpha value is -1.26. The lowest BCUT2D eigenvalue weighted by molar-refractivity contribution is -0.148. The quantitative estimate of drug-likeness (QED) is 0.827. The first-order valence-electron chi connectivity index (χ1n) is 6.81. The van der Waals surface area contributed by atoms with Crippen molar-refractivity contribution in [3.05, 3.63) is 0 Å². The van der Waals surface area contributed by atoms with Gasteiger partial charge < -0.3 is 15.3 Å². The average molecular weight is 270 g/mol. The van der Waals surface area contributed by atoms with Crippen LogP contribution in [0.5, 0.6) is 0 Å². The highest BCUT2D eigenvalue weighted by Gasteiger charge is 2.46. The van der Waals surface area contributed by atoms with E-state index in [2.05, 4.69) is 26.1 Å². The number of carboxylic acid groups (broad SMARTS) is 1. The SMILES string of the molecule is CN(CC(C)(C)C)C(=O)NC1CCCC1(C)C(=O)O. The molecule has 0 heterocycles. The zero-order chi connectivity index (χ0) is 14.8. The van der Waals surface area contributed by atoms with E-state index in [1.165, 1.54) is 0 Å². The number of hydrogen-bond donors (Lipinski definition) is 2. The van der Waals surface area contributed by atoms with Crippen LogP contribution < -0.4 is 5.32 Å². The van der Waals surface area contributed by atoms with Gasteiger partial charge in [0.15, 0.2) is 0 Å². The van der Waals surface area contributed by atoms with Crippen molar-refractivity contribution in [3.63, 3.8) is 0 Å². The molecule has 0 aromatic rings. The molecule has 0 spiro atoms. The van der Waals surface area contributed by atoms with Crippen LogP contribution in [0, 0.1) is 10.8 Å². The Labute approximate surface area is 115 Å². The van der Waals surface area contributed by atoms with Crippen molar-refractivity contribution in [1.82, 2.24) is 10.2 Å². The lowest BCUT2D eigenvalue weighted by Gasteiger charge is -2.32. The summed E-state index contributed by atoms with van der Waals surface area (Å²) >= 11 is 0. The average Bonchev–Trinajstić information content (AvgIpc) is 2.59. The lowest BCUT2D eigenvalue weighted by atomic mass is 9.85. The minimum atomic E-state index is -0.835. The minimum Gasteiger partial charge on any atom is -0.481 e. The van der Waals surface area contributed by atoms with E-state index in [1.54, 1.807) is 18.9 Å². The van der Waals surface area contributed by atoms with Crippen LogP contribution in [0.2, 0.25) is 0 Å². The third kappa shape index (κ3) is 3.85. The van der Waals surface area contributed by atoms with Gasteiger partial charge >= 0.3 is 12.0 Å². The fourth-order valence-electron chi connectivity index (χ4n) is 2.70. The van der Waals surface area contributed by atoms with Crippen LogP contribution in [0.4, 0.5) is 4.79 Å². The Bertz CT molecular complexity index is 362. The third-order valence-electron chi connectivity index (χ3n) is 3.80. The Morgan fingerprint density at radius 2 is 2.00 bits per heavy atom. The van der Waals surface area contributed by atoms with Crippen molar-refractivity contribution in [2.24, 2.45) is 10.8 Å². The summed E-state index contributed by atoms with van der Waals surface area (Å²) in [6.07, 6.45) is 2.20. The summed E-state index contributed by atoms with van der Waals surface area (Å²) in [5.74, 6) is -0.825. The molecule has 5 nitrogen and oxygen atoms in total. The molecule has 2 atom stereocenters. The number of nitrogens with one attached hydrogen (secondary N) is 1. The number of rotatable bonds is 3. The first-order chi connectivity index (χ1) is 8.56. The number of nitrogens with zero attached hydrogens (tertiary/aromatic N) is 1. The standard InChI is InChI=1S/C14H26N2O3/c1-13(2,3)9-16(5)12(19)15-10-7-6-8-14(10,4)11(17)18/h10H,6-9H2,1-5H3,(H,15,19)(H,17,18). The second-order valence-electron chi connectivity index (χ2n) is 7.03. The number of hydrogen-bond acceptors (Lipinski definition) is 2. The van der Waals surface area contributed by atoms with Gasteiger partial charge in [-0.15, -0.1) is 0 Å². The predicted molar refractivity (Wildman–Crippen MR) is 74.0 cm³/mol. The van der Waals surface area contributed by atoms with Crippen LogP contribution in [0.25, 0.3) is 0 Å². The summed E-state index contributed by atoms with van der Waals surface area (Å²) in [6.45, 7) is 8.54. The van der Waals surface area contributed by atoms with Crippen molar-refractivity contribution in [2.45, 2.75) is 53.0 Å². The molecule has 1 fully saturated rings. The van der Waals surface area contributed by atoms with Crippen LogP contribution >= 0.6 is 0 Å². The second kappa shape index (κ2) is 5.39. The number of carbonyl (C=O) groups is 2. The number of aliphatic carboxylic acids is 1. The van der Waals surface area contributed by atoms with Gasteiger partial charge in [0.1, 0.15) is 0 Å². The molecular formula is C14H26N2O3. The van der Waals surface area contributed by atoms with E-state index in [4.69, 9.17) is 0 Å². The van der Waals surface area contributed by atoms with Crippen molar-refractivity contribution in [3.8, 4) is 0 Å². The van der Waals surface area contributed by atoms with Gasteiger partial charge in [-0.05, 0) is 25.2 Å². The molecule has 2 amide bonds. The van der Waals surface area contributed by atoms with E-state index in [1.807, 2.05) is 0 Å². The van der Waals surface area contributed by atoms with E-state index in [0.717, 1.165) is 12.8 Å². The summed E-state index contributed by atoms with van der Waals surface area (Å²) < 4.78 is 0. The molecule has 0 saturated heterocycles. The lowest BCUT2D eigenvalue weighted by Crippen LogP contribution is -2.51. The van der Waals surface area contributed by atoms with Crippen LogP contribution in [-0.2, 0) is 4.79 Å². The van der Waals surface area contributed by atoms with Gasteiger partial charge in [0, 0.05) is 19.6 Å². The molecule has 0 bridgehead atoms. The molecule has 2 N–H and O–H groups in total. The third-order valence-corrected chi connectivity index (χ3v) is 3.80. The summed E-state index contributed by atoms with van der Waals surface area (Å²) in [4.78, 5) is 25.1. The Balaban J connectivity index is 2.64. The Kier molecular flexibility index (Phi) is 4.48. The fourth-order valence-corrected chi connectivity index (χ4v) is 2.70. The molecule has 1 saturated carbocycles. The number of carboxylic acids is 1. The van der Waals surface area contributed by atoms with E-state index < -0.39 is 11.4 Å². The second-order valence-corrected chi connectivity index (χ2v) is 7.03. The largest absolute Gasteiger partial charge is 0.481 e. The zero-order valence-corrected chi connectivity index (χ0v) is 12.6. The van der Waals surface area contributed by atoms with Crippen LogP contribution in [-0.4, -0.2) is 41.6 Å². The molecule has 2 unspecified atom stereocenters.